The van der Waals surface area contributed by atoms with Crippen molar-refractivity contribution < 1.29 is 1.41 Å². The Labute approximate surface area is 87.5 Å². The van der Waals surface area contributed by atoms with Crippen LogP contribution in [0.2, 0.25) is 1.41 Å². The Morgan fingerprint density at radius 1 is 1.27 bits per heavy atom. The summed E-state index contributed by atoms with van der Waals surface area (Å²) in [5.41, 5.74) is 1.05. The first-order valence-corrected chi connectivity index (χ1v) is 3.93. The van der Waals surface area contributed by atoms with E-state index in [4.69, 9.17) is 11.9 Å². The minimum absolute atomic E-state index is 0.484. The van der Waals surface area contributed by atoms with Crippen molar-refractivity contribution >= 4 is 5.69 Å². The van der Waals surface area contributed by atoms with Gasteiger partial charge in [-0.15, -0.1) is 10.2 Å². The lowest BCUT2D eigenvalue weighted by Crippen LogP contribution is -2.16. The van der Waals surface area contributed by atoms with Gasteiger partial charge in [-0.3, -0.25) is 0 Å². The highest BCUT2D eigenvalue weighted by Crippen LogP contribution is 2.16. The summed E-state index contributed by atoms with van der Waals surface area (Å²) in [6.07, 6.45) is 0. The van der Waals surface area contributed by atoms with Crippen LogP contribution >= 0.6 is 0 Å². The van der Waals surface area contributed by atoms with Crippen LogP contribution in [0, 0.1) is 28.2 Å². The molecule has 1 aromatic carbocycles. The van der Waals surface area contributed by atoms with E-state index in [1.165, 1.54) is 12.1 Å². The molecule has 6 nitrogen and oxygen atoms in total. The molecule has 0 amide bonds. The van der Waals surface area contributed by atoms with Gasteiger partial charge >= 0.3 is 5.66 Å². The predicted molar refractivity (Wildman–Crippen MR) is 50.1 cm³/mol. The van der Waals surface area contributed by atoms with Crippen molar-refractivity contribution in [2.45, 2.75) is 5.66 Å². The summed E-state index contributed by atoms with van der Waals surface area (Å²) in [7, 11) is 0. The summed E-state index contributed by atoms with van der Waals surface area (Å²) < 4.78 is 6.50. The number of benzene rings is 1. The molecule has 0 aromatic heterocycles. The van der Waals surface area contributed by atoms with Crippen molar-refractivity contribution in [1.82, 2.24) is 0 Å². The molecule has 0 unspecified atom stereocenters. The first-order chi connectivity index (χ1) is 7.76. The van der Waals surface area contributed by atoms with Crippen molar-refractivity contribution in [3.63, 3.8) is 0 Å². The molecule has 1 N–H and O–H groups in total. The van der Waals surface area contributed by atoms with Crippen LogP contribution in [0.5, 0.6) is 0 Å². The van der Waals surface area contributed by atoms with Gasteiger partial charge in [0.1, 0.15) is 12.1 Å². The third-order valence-corrected chi connectivity index (χ3v) is 1.52. The second-order valence-corrected chi connectivity index (χ2v) is 2.53. The third-order valence-electron chi connectivity index (χ3n) is 1.52. The highest BCUT2D eigenvalue weighted by molar-refractivity contribution is 5.35. The van der Waals surface area contributed by atoms with Gasteiger partial charge in [0, 0.05) is 0 Å². The largest absolute Gasteiger partial charge is 0.359 e. The zero-order valence-corrected chi connectivity index (χ0v) is 7.57. The standard InChI is InChI=1S/C9H6N6/c10-6-9(7-11,14-12)15-13-8-4-2-1-3-5-8/h1-5,12H/b14-12+,15-13?. The first-order valence-electron chi connectivity index (χ1n) is 4.38. The van der Waals surface area contributed by atoms with Gasteiger partial charge in [-0.2, -0.15) is 15.6 Å². The molecule has 1 rings (SSSR count). The molecule has 0 heterocycles. The van der Waals surface area contributed by atoms with Crippen LogP contribution in [-0.2, 0) is 0 Å². The Hall–Kier alpha value is -2.60. The zero-order chi connectivity index (χ0) is 11.9. The van der Waals surface area contributed by atoms with Crippen LogP contribution < -0.4 is 0 Å². The predicted octanol–water partition coefficient (Wildman–Crippen LogP) is 2.54. The molecule has 0 spiro atoms. The number of nitrogens with zero attached hydrogens (tertiary/aromatic N) is 5. The molecule has 0 fully saturated rings. The van der Waals surface area contributed by atoms with Gasteiger partial charge < -0.3 is 0 Å². The molecule has 15 heavy (non-hydrogen) atoms. The van der Waals surface area contributed by atoms with E-state index in [0.29, 0.717) is 5.69 Å². The highest BCUT2D eigenvalue weighted by Gasteiger charge is 2.28. The number of hydrogen-bond donors (Lipinski definition) is 1. The summed E-state index contributed by atoms with van der Waals surface area (Å²) in [5.74, 6) is 0. The highest BCUT2D eigenvalue weighted by atomic mass is 15.3. The van der Waals surface area contributed by atoms with Crippen molar-refractivity contribution in [1.29, 1.82) is 16.0 Å². The van der Waals surface area contributed by atoms with Gasteiger partial charge in [0.05, 0.1) is 5.69 Å². The second-order valence-electron chi connectivity index (χ2n) is 2.53. The molecule has 0 aliphatic heterocycles. The maximum Gasteiger partial charge on any atom is 0.359 e. The Bertz CT molecular complexity index is 467. The molecule has 0 atom stereocenters. The quantitative estimate of drug-likeness (QED) is 0.753. The maximum atomic E-state index is 8.72. The van der Waals surface area contributed by atoms with E-state index in [1.807, 2.05) is 0 Å². The number of nitriles is 2. The SMILES string of the molecule is [H]/N=N/C(C#N)(C#N)N=Nc1ccccc1. The lowest BCUT2D eigenvalue weighted by molar-refractivity contribution is 0.630. The van der Waals surface area contributed by atoms with Crippen LogP contribution in [0.4, 0.5) is 5.69 Å². The molecule has 0 bridgehead atoms. The minimum atomic E-state index is -2.07. The molecule has 6 heteroatoms. The fourth-order valence-corrected chi connectivity index (χ4v) is 0.759. The lowest BCUT2D eigenvalue weighted by atomic mass is 10.3. The van der Waals surface area contributed by atoms with Gasteiger partial charge in [-0.25, -0.2) is 5.52 Å². The molecule has 0 aliphatic rings. The lowest BCUT2D eigenvalue weighted by Gasteiger charge is -2.01. The van der Waals surface area contributed by atoms with Crippen LogP contribution in [-0.4, -0.2) is 5.66 Å². The third kappa shape index (κ3) is 2.42. The maximum absolute atomic E-state index is 8.72. The van der Waals surface area contributed by atoms with E-state index in [0.717, 1.165) is 0 Å². The van der Waals surface area contributed by atoms with Crippen LogP contribution in [0.1, 0.15) is 0 Å². The first kappa shape index (κ1) is 8.97. The Morgan fingerprint density at radius 3 is 2.47 bits per heavy atom. The second kappa shape index (κ2) is 4.58. The number of rotatable bonds is 3. The molecular formula is C9H6N6. The number of azo groups is 1. The van der Waals surface area contributed by atoms with E-state index in [-0.39, 0.29) is 0 Å². The van der Waals surface area contributed by atoms with Gasteiger partial charge in [0.2, 0.25) is 1.41 Å². The fraction of sp³-hybridized carbons (Fsp3) is 0.111. The Balaban J connectivity index is 2.99. The zero-order valence-electron chi connectivity index (χ0n) is 8.57. The van der Waals surface area contributed by atoms with Gasteiger partial charge in [-0.1, -0.05) is 18.2 Å². The van der Waals surface area contributed by atoms with Gasteiger partial charge in [-0.05, 0) is 12.1 Å². The molecule has 0 saturated heterocycles. The van der Waals surface area contributed by atoms with E-state index in [9.17, 15) is 0 Å². The summed E-state index contributed by atoms with van der Waals surface area (Å²) in [6, 6.07) is 11.6. The van der Waals surface area contributed by atoms with Crippen molar-refractivity contribution in [3.8, 4) is 12.1 Å². The summed E-state index contributed by atoms with van der Waals surface area (Å²) in [6.45, 7) is 0. The summed E-state index contributed by atoms with van der Waals surface area (Å²) in [4.78, 5) is 0. The number of hydrogen-bond acceptors (Lipinski definition) is 6. The van der Waals surface area contributed by atoms with Gasteiger partial charge in [0.15, 0.2) is 0 Å². The van der Waals surface area contributed by atoms with Crippen LogP contribution in [0.25, 0.3) is 0 Å². The summed E-state index contributed by atoms with van der Waals surface area (Å²) in [5, 5.41) is 27.7. The van der Waals surface area contributed by atoms with E-state index >= 15 is 0 Å². The molecule has 0 radical (unpaired) electrons. The average Bonchev–Trinajstić information content (AvgIpc) is 2.36. The molecule has 72 valence electrons. The van der Waals surface area contributed by atoms with Crippen molar-refractivity contribution in [2.75, 3.05) is 0 Å². The monoisotopic (exact) mass is 198 g/mol. The van der Waals surface area contributed by atoms with Crippen LogP contribution in [0.3, 0.4) is 0 Å². The van der Waals surface area contributed by atoms with Crippen LogP contribution in [0.15, 0.2) is 45.7 Å². The molecular weight excluding hydrogens is 192 g/mol. The smallest absolute Gasteiger partial charge is 0.205 e. The Morgan fingerprint density at radius 2 is 1.93 bits per heavy atom. The molecule has 0 aliphatic carbocycles. The average molecular weight is 198 g/mol. The molecule has 1 aromatic rings. The molecule has 0 saturated carbocycles. The minimum Gasteiger partial charge on any atom is -0.205 e. The normalized spacial score (nSPS) is 12.3. The van der Waals surface area contributed by atoms with E-state index < -0.39 is 5.66 Å². The fourth-order valence-electron chi connectivity index (χ4n) is 0.759. The van der Waals surface area contributed by atoms with Crippen molar-refractivity contribution in [3.05, 3.63) is 30.3 Å². The van der Waals surface area contributed by atoms with Crippen molar-refractivity contribution in [2.24, 2.45) is 15.3 Å². The summed E-state index contributed by atoms with van der Waals surface area (Å²) >= 11 is 0. The Kier molecular flexibility index (Phi) is 2.74. The van der Waals surface area contributed by atoms with Gasteiger partial charge in [0.25, 0.3) is 0 Å². The van der Waals surface area contributed by atoms with E-state index in [1.54, 1.807) is 30.3 Å². The topological polar surface area (TPSA) is 109 Å². The van der Waals surface area contributed by atoms with E-state index in [2.05, 4.69) is 20.9 Å². The number of nitrogens with one attached hydrogen (secondary N) is 1.